The second-order valence-electron chi connectivity index (χ2n) is 10.7. The van der Waals surface area contributed by atoms with Crippen molar-refractivity contribution in [3.05, 3.63) is 54.2 Å². The van der Waals surface area contributed by atoms with Crippen molar-refractivity contribution < 1.29 is 38.3 Å². The van der Waals surface area contributed by atoms with E-state index >= 15 is 0 Å². The first kappa shape index (κ1) is 31.0. The molecule has 40 heavy (non-hydrogen) atoms. The number of nitrogens with zero attached hydrogens (tertiary/aromatic N) is 1. The van der Waals surface area contributed by atoms with Crippen LogP contribution in [-0.4, -0.2) is 65.2 Å². The number of rotatable bonds is 13. The molecule has 0 bridgehead atoms. The van der Waals surface area contributed by atoms with Crippen molar-refractivity contribution in [2.24, 2.45) is 5.92 Å². The van der Waals surface area contributed by atoms with Gasteiger partial charge in [0, 0.05) is 17.8 Å². The van der Waals surface area contributed by atoms with E-state index in [4.69, 9.17) is 14.0 Å². The summed E-state index contributed by atoms with van der Waals surface area (Å²) in [5.74, 6) is -2.78. The second-order valence-corrected chi connectivity index (χ2v) is 10.7. The second kappa shape index (κ2) is 14.2. The van der Waals surface area contributed by atoms with E-state index in [2.05, 4.69) is 10.3 Å². The number of carbonyl (C=O) groups is 4. The van der Waals surface area contributed by atoms with Gasteiger partial charge in [-0.3, -0.25) is 19.2 Å². The Kier molecular flexibility index (Phi) is 11.0. The molecule has 11 heteroatoms. The fourth-order valence-electron chi connectivity index (χ4n) is 4.53. The summed E-state index contributed by atoms with van der Waals surface area (Å²) in [6, 6.07) is 13.1. The molecule has 0 spiro atoms. The maximum Gasteiger partial charge on any atom is 0.531 e. The van der Waals surface area contributed by atoms with Crippen LogP contribution in [0.2, 0.25) is 5.82 Å². The van der Waals surface area contributed by atoms with E-state index in [0.29, 0.717) is 12.1 Å². The molecule has 1 aromatic carbocycles. The molecule has 3 rings (SSSR count). The average Bonchev–Trinajstić information content (AvgIpc) is 3.26. The number of hydrogen-bond donors (Lipinski definition) is 2. The van der Waals surface area contributed by atoms with E-state index in [1.54, 1.807) is 26.0 Å². The number of benzene rings is 1. The summed E-state index contributed by atoms with van der Waals surface area (Å²) in [5.41, 5.74) is 1.53. The van der Waals surface area contributed by atoms with Gasteiger partial charge in [0.15, 0.2) is 11.9 Å². The molecular weight excluding hydrogens is 515 g/mol. The van der Waals surface area contributed by atoms with Crippen molar-refractivity contribution >= 4 is 30.7 Å². The maximum atomic E-state index is 13.4. The Morgan fingerprint density at radius 2 is 1.75 bits per heavy atom. The number of aromatic nitrogens is 1. The summed E-state index contributed by atoms with van der Waals surface area (Å²) in [5, 5.41) is 13.0. The molecule has 1 aliphatic rings. The highest BCUT2D eigenvalue weighted by Crippen LogP contribution is 2.32. The maximum absolute atomic E-state index is 13.4. The third-order valence-electron chi connectivity index (χ3n) is 6.30. The largest absolute Gasteiger partial charge is 0.531 e. The number of amides is 1. The summed E-state index contributed by atoms with van der Waals surface area (Å²) in [6.07, 6.45) is -2.62. The third kappa shape index (κ3) is 8.72. The molecule has 2 heterocycles. The van der Waals surface area contributed by atoms with Gasteiger partial charge >= 0.3 is 19.1 Å². The number of nitrogens with one attached hydrogen (secondary N) is 1. The van der Waals surface area contributed by atoms with Gasteiger partial charge in [-0.15, -0.1) is 0 Å². The lowest BCUT2D eigenvalue weighted by molar-refractivity contribution is -0.152. The first-order chi connectivity index (χ1) is 18.9. The van der Waals surface area contributed by atoms with E-state index in [9.17, 15) is 24.3 Å². The van der Waals surface area contributed by atoms with Crippen molar-refractivity contribution in [1.82, 2.24) is 10.3 Å². The van der Waals surface area contributed by atoms with Crippen molar-refractivity contribution in [2.75, 3.05) is 0 Å². The van der Waals surface area contributed by atoms with Crippen LogP contribution in [0.15, 0.2) is 48.5 Å². The van der Waals surface area contributed by atoms with Gasteiger partial charge in [-0.25, -0.2) is 4.98 Å². The molecule has 10 nitrogen and oxygen atoms in total. The summed E-state index contributed by atoms with van der Waals surface area (Å²) in [6.45, 7) is 8.71. The summed E-state index contributed by atoms with van der Waals surface area (Å²) >= 11 is 0. The van der Waals surface area contributed by atoms with Crippen molar-refractivity contribution in [1.29, 1.82) is 0 Å². The highest BCUT2D eigenvalue weighted by molar-refractivity contribution is 6.51. The predicted molar refractivity (Wildman–Crippen MR) is 148 cm³/mol. The summed E-state index contributed by atoms with van der Waals surface area (Å²) in [4.78, 5) is 55.3. The number of aliphatic hydroxyl groups excluding tert-OH is 1. The van der Waals surface area contributed by atoms with Crippen LogP contribution in [0.25, 0.3) is 11.3 Å². The molecule has 1 aliphatic heterocycles. The SMILES string of the molecule is CC(C)C[C@H](CC(=O)[C@@H](NC(=O)c1cccc(-c2ccccc2)n1)[C@@H](C)O)B1OC(=O)[C@H](CC(=O)OC(C)C)O1. The van der Waals surface area contributed by atoms with Crippen LogP contribution in [0.5, 0.6) is 0 Å². The van der Waals surface area contributed by atoms with E-state index in [0.717, 1.165) is 5.56 Å². The molecule has 214 valence electrons. The zero-order chi connectivity index (χ0) is 29.4. The Bertz CT molecular complexity index is 1190. The van der Waals surface area contributed by atoms with Crippen LogP contribution >= 0.6 is 0 Å². The Balaban J connectivity index is 1.70. The van der Waals surface area contributed by atoms with Crippen molar-refractivity contribution in [3.8, 4) is 11.3 Å². The van der Waals surface area contributed by atoms with Gasteiger partial charge in [0.05, 0.1) is 24.3 Å². The lowest BCUT2D eigenvalue weighted by atomic mass is 9.65. The number of Topliss-reactive ketones (excluding diaryl/α,β-unsaturated/α-hetero) is 1. The topological polar surface area (TPSA) is 141 Å². The standard InChI is InChI=1S/C29H37BN2O8/c1-17(2)14-21(30-39-25(29(37)40-30)16-26(35)38-18(3)4)15-24(34)27(19(5)33)32-28(36)23-13-9-12-22(31-23)20-10-7-6-8-11-20/h6-13,17-19,21,25,27,33H,14-16H2,1-5H3,(H,32,36)/t19-,21-,25+,27+/m1/s1. The highest BCUT2D eigenvalue weighted by atomic mass is 16.7. The molecule has 0 saturated carbocycles. The molecule has 1 saturated heterocycles. The summed E-state index contributed by atoms with van der Waals surface area (Å²) in [7, 11) is -1.05. The van der Waals surface area contributed by atoms with E-state index < -0.39 is 54.8 Å². The van der Waals surface area contributed by atoms with Gasteiger partial charge < -0.3 is 24.5 Å². The molecule has 1 fully saturated rings. The van der Waals surface area contributed by atoms with Crippen molar-refractivity contribution in [3.63, 3.8) is 0 Å². The van der Waals surface area contributed by atoms with Crippen LogP contribution in [-0.2, 0) is 28.4 Å². The number of pyridine rings is 1. The smallest absolute Gasteiger partial charge is 0.507 e. The lowest BCUT2D eigenvalue weighted by Gasteiger charge is -2.24. The Morgan fingerprint density at radius 1 is 1.05 bits per heavy atom. The fourth-order valence-corrected chi connectivity index (χ4v) is 4.53. The quantitative estimate of drug-likeness (QED) is 0.283. The Hall–Kier alpha value is -3.57. The van der Waals surface area contributed by atoms with Crippen LogP contribution in [0.1, 0.15) is 64.4 Å². The predicted octanol–water partition coefficient (Wildman–Crippen LogP) is 3.38. The monoisotopic (exact) mass is 552 g/mol. The number of esters is 1. The molecule has 0 unspecified atom stereocenters. The van der Waals surface area contributed by atoms with E-state index in [1.165, 1.54) is 13.0 Å². The Morgan fingerprint density at radius 3 is 2.38 bits per heavy atom. The molecule has 1 amide bonds. The van der Waals surface area contributed by atoms with E-state index in [1.807, 2.05) is 44.2 Å². The molecule has 2 aromatic rings. The molecule has 1 aromatic heterocycles. The van der Waals surface area contributed by atoms with Gasteiger partial charge in [-0.1, -0.05) is 50.2 Å². The summed E-state index contributed by atoms with van der Waals surface area (Å²) < 4.78 is 16.3. The van der Waals surface area contributed by atoms with Crippen LogP contribution in [0, 0.1) is 5.92 Å². The highest BCUT2D eigenvalue weighted by Gasteiger charge is 2.47. The van der Waals surface area contributed by atoms with Gasteiger partial charge in [0.1, 0.15) is 11.7 Å². The van der Waals surface area contributed by atoms with Crippen molar-refractivity contribution in [2.45, 2.75) is 84.1 Å². The van der Waals surface area contributed by atoms with Crippen LogP contribution < -0.4 is 5.32 Å². The minimum absolute atomic E-state index is 0.0997. The average molecular weight is 552 g/mol. The van der Waals surface area contributed by atoms with Gasteiger partial charge in [-0.2, -0.15) is 0 Å². The third-order valence-corrected chi connectivity index (χ3v) is 6.30. The molecule has 0 radical (unpaired) electrons. The van der Waals surface area contributed by atoms with Crippen LogP contribution in [0.4, 0.5) is 0 Å². The number of hydrogen-bond acceptors (Lipinski definition) is 9. The molecule has 0 aliphatic carbocycles. The zero-order valence-electron chi connectivity index (χ0n) is 23.5. The molecule has 4 atom stereocenters. The fraction of sp³-hybridized carbons (Fsp3) is 0.483. The number of ketones is 1. The first-order valence-electron chi connectivity index (χ1n) is 13.5. The normalized spacial score (nSPS) is 17.4. The lowest BCUT2D eigenvalue weighted by Crippen LogP contribution is -2.48. The zero-order valence-corrected chi connectivity index (χ0v) is 23.5. The van der Waals surface area contributed by atoms with Crippen LogP contribution in [0.3, 0.4) is 0 Å². The number of aliphatic hydroxyl groups is 1. The van der Waals surface area contributed by atoms with Gasteiger partial charge in [0.2, 0.25) is 0 Å². The van der Waals surface area contributed by atoms with Gasteiger partial charge in [-0.05, 0) is 45.2 Å². The van der Waals surface area contributed by atoms with Gasteiger partial charge in [0.25, 0.3) is 5.91 Å². The van der Waals surface area contributed by atoms with E-state index in [-0.39, 0.29) is 30.6 Å². The number of carbonyl (C=O) groups excluding carboxylic acids is 4. The number of ether oxygens (including phenoxy) is 1. The Labute approximate surface area is 234 Å². The molecule has 2 N–H and O–H groups in total. The molecular formula is C29H37BN2O8. The first-order valence-corrected chi connectivity index (χ1v) is 13.5. The minimum Gasteiger partial charge on any atom is -0.507 e. The minimum atomic E-state index is -1.22.